The highest BCUT2D eigenvalue weighted by Gasteiger charge is 2.35. The van der Waals surface area contributed by atoms with Crippen LogP contribution < -0.4 is 0 Å². The van der Waals surface area contributed by atoms with Crippen molar-refractivity contribution < 1.29 is 9.53 Å². The highest BCUT2D eigenvalue weighted by Crippen LogP contribution is 2.28. The van der Waals surface area contributed by atoms with Crippen LogP contribution in [0.25, 0.3) is 0 Å². The Morgan fingerprint density at radius 1 is 1.28 bits per heavy atom. The topological polar surface area (TPSA) is 69.4 Å². The SMILES string of the molecule is CCOC(=O)C1SC(n2cc(CCCc3ccccc3)nn2)=NC1C. The van der Waals surface area contributed by atoms with Crippen molar-refractivity contribution in [2.24, 2.45) is 4.99 Å². The molecule has 25 heavy (non-hydrogen) atoms. The van der Waals surface area contributed by atoms with Gasteiger partial charge in [-0.15, -0.1) is 5.10 Å². The van der Waals surface area contributed by atoms with Crippen LogP contribution in [-0.2, 0) is 22.4 Å². The molecule has 1 aliphatic rings. The van der Waals surface area contributed by atoms with E-state index in [-0.39, 0.29) is 17.3 Å². The first-order valence-electron chi connectivity index (χ1n) is 8.54. The molecule has 0 saturated carbocycles. The molecule has 7 heteroatoms. The lowest BCUT2D eigenvalue weighted by Gasteiger charge is -2.10. The predicted octanol–water partition coefficient (Wildman–Crippen LogP) is 2.72. The van der Waals surface area contributed by atoms with Crippen LogP contribution in [0.15, 0.2) is 41.5 Å². The molecule has 3 rings (SSSR count). The molecule has 1 aromatic heterocycles. The Labute approximate surface area is 151 Å². The molecule has 2 heterocycles. The lowest BCUT2D eigenvalue weighted by Crippen LogP contribution is -2.27. The van der Waals surface area contributed by atoms with Crippen molar-refractivity contribution >= 4 is 22.9 Å². The second kappa shape index (κ2) is 8.29. The molecule has 0 bridgehead atoms. The third kappa shape index (κ3) is 4.48. The van der Waals surface area contributed by atoms with E-state index in [1.54, 1.807) is 4.68 Å². The zero-order chi connectivity index (χ0) is 17.6. The number of carbonyl (C=O) groups is 1. The van der Waals surface area contributed by atoms with Gasteiger partial charge in [0, 0.05) is 0 Å². The number of nitrogens with zero attached hydrogens (tertiary/aromatic N) is 4. The Morgan fingerprint density at radius 3 is 2.84 bits per heavy atom. The molecule has 0 fully saturated rings. The summed E-state index contributed by atoms with van der Waals surface area (Å²) in [7, 11) is 0. The van der Waals surface area contributed by atoms with Crippen molar-refractivity contribution in [2.75, 3.05) is 6.61 Å². The second-order valence-electron chi connectivity index (χ2n) is 5.94. The fourth-order valence-electron chi connectivity index (χ4n) is 2.69. The van der Waals surface area contributed by atoms with Gasteiger partial charge in [0.1, 0.15) is 5.25 Å². The molecule has 0 N–H and O–H groups in total. The number of rotatable bonds is 6. The number of thioether (sulfide) groups is 1. The summed E-state index contributed by atoms with van der Waals surface area (Å²) in [5.74, 6) is -0.220. The number of aliphatic imine (C=N–C) groups is 1. The van der Waals surface area contributed by atoms with E-state index >= 15 is 0 Å². The molecule has 0 amide bonds. The van der Waals surface area contributed by atoms with Crippen LogP contribution in [-0.4, -0.2) is 44.0 Å². The van der Waals surface area contributed by atoms with Crippen molar-refractivity contribution in [3.63, 3.8) is 0 Å². The normalized spacial score (nSPS) is 19.7. The molecule has 2 unspecified atom stereocenters. The third-order valence-corrected chi connectivity index (χ3v) is 5.33. The van der Waals surface area contributed by atoms with Gasteiger partial charge in [-0.05, 0) is 38.7 Å². The minimum absolute atomic E-state index is 0.121. The van der Waals surface area contributed by atoms with E-state index in [1.165, 1.54) is 17.3 Å². The zero-order valence-corrected chi connectivity index (χ0v) is 15.3. The first kappa shape index (κ1) is 17.7. The number of aromatic nitrogens is 3. The Kier molecular flexibility index (Phi) is 5.86. The standard InChI is InChI=1S/C18H22N4O2S/c1-3-24-17(23)16-13(2)19-18(25-16)22-12-15(20-21-22)11-7-10-14-8-5-4-6-9-14/h4-6,8-9,12-13,16H,3,7,10-11H2,1-2H3. The first-order valence-corrected chi connectivity index (χ1v) is 9.42. The van der Waals surface area contributed by atoms with Crippen LogP contribution in [0.3, 0.4) is 0 Å². The third-order valence-electron chi connectivity index (χ3n) is 3.98. The van der Waals surface area contributed by atoms with E-state index in [9.17, 15) is 4.79 Å². The fourth-order valence-corrected chi connectivity index (χ4v) is 3.77. The van der Waals surface area contributed by atoms with Gasteiger partial charge < -0.3 is 4.74 Å². The molecule has 0 saturated heterocycles. The highest BCUT2D eigenvalue weighted by molar-refractivity contribution is 8.15. The van der Waals surface area contributed by atoms with Crippen LogP contribution in [0.5, 0.6) is 0 Å². The molecular formula is C18H22N4O2S. The van der Waals surface area contributed by atoms with E-state index in [4.69, 9.17) is 4.74 Å². The molecular weight excluding hydrogens is 336 g/mol. The monoisotopic (exact) mass is 358 g/mol. The highest BCUT2D eigenvalue weighted by atomic mass is 32.2. The van der Waals surface area contributed by atoms with Gasteiger partial charge in [-0.2, -0.15) is 4.68 Å². The number of benzene rings is 1. The first-order chi connectivity index (χ1) is 12.2. The molecule has 0 aliphatic carbocycles. The van der Waals surface area contributed by atoms with Gasteiger partial charge in [-0.1, -0.05) is 47.3 Å². The predicted molar refractivity (Wildman–Crippen MR) is 98.8 cm³/mol. The molecule has 0 radical (unpaired) electrons. The van der Waals surface area contributed by atoms with Gasteiger partial charge in [0.15, 0.2) is 5.17 Å². The van der Waals surface area contributed by atoms with Crippen molar-refractivity contribution in [3.8, 4) is 0 Å². The minimum Gasteiger partial charge on any atom is -0.465 e. The van der Waals surface area contributed by atoms with Gasteiger partial charge in [0.25, 0.3) is 0 Å². The molecule has 1 aromatic carbocycles. The summed E-state index contributed by atoms with van der Waals surface area (Å²) in [6, 6.07) is 10.3. The van der Waals surface area contributed by atoms with Crippen molar-refractivity contribution in [1.82, 2.24) is 15.0 Å². The lowest BCUT2D eigenvalue weighted by molar-refractivity contribution is -0.142. The number of carbonyl (C=O) groups excluding carboxylic acids is 1. The summed E-state index contributed by atoms with van der Waals surface area (Å²) in [5, 5.41) is 8.78. The summed E-state index contributed by atoms with van der Waals surface area (Å²) in [5.41, 5.74) is 2.27. The number of esters is 1. The van der Waals surface area contributed by atoms with Crippen LogP contribution >= 0.6 is 11.8 Å². The van der Waals surface area contributed by atoms with Crippen LogP contribution in [0.2, 0.25) is 0 Å². The molecule has 2 atom stereocenters. The quantitative estimate of drug-likeness (QED) is 0.743. The summed E-state index contributed by atoms with van der Waals surface area (Å²) < 4.78 is 6.77. The maximum absolute atomic E-state index is 12.0. The van der Waals surface area contributed by atoms with Gasteiger partial charge >= 0.3 is 5.97 Å². The second-order valence-corrected chi connectivity index (χ2v) is 7.05. The van der Waals surface area contributed by atoms with Crippen molar-refractivity contribution in [3.05, 3.63) is 47.8 Å². The molecule has 132 valence electrons. The Morgan fingerprint density at radius 2 is 2.08 bits per heavy atom. The fraction of sp³-hybridized carbons (Fsp3) is 0.444. The van der Waals surface area contributed by atoms with Crippen LogP contribution in [0.4, 0.5) is 0 Å². The van der Waals surface area contributed by atoms with Crippen molar-refractivity contribution in [1.29, 1.82) is 0 Å². The number of hydrogen-bond acceptors (Lipinski definition) is 6. The average molecular weight is 358 g/mol. The van der Waals surface area contributed by atoms with E-state index in [0.717, 1.165) is 25.0 Å². The van der Waals surface area contributed by atoms with Gasteiger partial charge in [0.05, 0.1) is 24.5 Å². The molecule has 0 spiro atoms. The summed E-state index contributed by atoms with van der Waals surface area (Å²) in [6.07, 6.45) is 4.80. The Bertz CT molecular complexity index is 745. The van der Waals surface area contributed by atoms with E-state index in [2.05, 4.69) is 39.6 Å². The largest absolute Gasteiger partial charge is 0.465 e. The molecule has 1 aliphatic heterocycles. The van der Waals surface area contributed by atoms with Crippen LogP contribution in [0, 0.1) is 0 Å². The smallest absolute Gasteiger partial charge is 0.321 e. The number of hydrogen-bond donors (Lipinski definition) is 0. The van der Waals surface area contributed by atoms with Crippen LogP contribution in [0.1, 0.15) is 31.5 Å². The minimum atomic E-state index is -0.305. The van der Waals surface area contributed by atoms with Gasteiger partial charge in [-0.25, -0.2) is 0 Å². The average Bonchev–Trinajstić information content (AvgIpc) is 3.23. The van der Waals surface area contributed by atoms with Gasteiger partial charge in [-0.3, -0.25) is 9.79 Å². The Hall–Kier alpha value is -2.15. The summed E-state index contributed by atoms with van der Waals surface area (Å²) in [4.78, 5) is 16.5. The molecule has 6 nitrogen and oxygen atoms in total. The lowest BCUT2D eigenvalue weighted by atomic mass is 10.1. The van der Waals surface area contributed by atoms with E-state index in [0.29, 0.717) is 11.8 Å². The van der Waals surface area contributed by atoms with E-state index < -0.39 is 0 Å². The number of aryl methyl sites for hydroxylation is 2. The Balaban J connectivity index is 1.55. The van der Waals surface area contributed by atoms with Crippen molar-refractivity contribution in [2.45, 2.75) is 44.4 Å². The zero-order valence-electron chi connectivity index (χ0n) is 14.5. The summed E-state index contributed by atoms with van der Waals surface area (Å²) >= 11 is 1.39. The maximum Gasteiger partial charge on any atom is 0.321 e. The van der Waals surface area contributed by atoms with Gasteiger partial charge in [0.2, 0.25) is 0 Å². The number of ether oxygens (including phenoxy) is 1. The van der Waals surface area contributed by atoms with E-state index in [1.807, 2.05) is 26.1 Å². The molecule has 2 aromatic rings. The maximum atomic E-state index is 12.0. The summed E-state index contributed by atoms with van der Waals surface area (Å²) in [6.45, 7) is 4.11.